The Bertz CT molecular complexity index is 1090. The normalized spacial score (nSPS) is 23.9. The number of aliphatic carboxylic acids is 1. The molecule has 2 unspecified atom stereocenters. The smallest absolute Gasteiger partial charge is 0.313 e. The summed E-state index contributed by atoms with van der Waals surface area (Å²) in [6.45, 7) is 0.0913. The van der Waals surface area contributed by atoms with E-state index in [1.807, 2.05) is 30.3 Å². The van der Waals surface area contributed by atoms with Gasteiger partial charge in [-0.2, -0.15) is 0 Å². The van der Waals surface area contributed by atoms with Gasteiger partial charge in [-0.15, -0.1) is 0 Å². The van der Waals surface area contributed by atoms with Crippen molar-refractivity contribution in [2.75, 3.05) is 20.8 Å². The average Bonchev–Trinajstić information content (AvgIpc) is 3.36. The van der Waals surface area contributed by atoms with E-state index in [9.17, 15) is 14.7 Å². The molecule has 0 amide bonds. The van der Waals surface area contributed by atoms with E-state index >= 15 is 0 Å². The van der Waals surface area contributed by atoms with Crippen molar-refractivity contribution in [2.45, 2.75) is 38.5 Å². The Kier molecular flexibility index (Phi) is 5.11. The van der Waals surface area contributed by atoms with E-state index in [0.717, 1.165) is 35.1 Å². The molecule has 168 valence electrons. The van der Waals surface area contributed by atoms with Crippen molar-refractivity contribution in [3.05, 3.63) is 41.5 Å². The lowest BCUT2D eigenvalue weighted by molar-refractivity contribution is -0.145. The van der Waals surface area contributed by atoms with Crippen molar-refractivity contribution in [1.82, 2.24) is 0 Å². The highest BCUT2D eigenvalue weighted by molar-refractivity contribution is 6.02. The summed E-state index contributed by atoms with van der Waals surface area (Å²) in [5.74, 6) is 1.45. The number of carboxylic acids is 1. The third-order valence-electron chi connectivity index (χ3n) is 7.62. The van der Waals surface area contributed by atoms with E-state index in [-0.39, 0.29) is 18.3 Å². The minimum Gasteiger partial charge on any atom is -0.493 e. The number of rotatable bonds is 8. The fourth-order valence-electron chi connectivity index (χ4n) is 5.47. The van der Waals surface area contributed by atoms with Gasteiger partial charge in [-0.1, -0.05) is 37.5 Å². The van der Waals surface area contributed by atoms with Gasteiger partial charge in [0.15, 0.2) is 17.3 Å². The van der Waals surface area contributed by atoms with Crippen LogP contribution in [0.5, 0.6) is 17.2 Å². The highest BCUT2D eigenvalue weighted by Crippen LogP contribution is 2.61. The highest BCUT2D eigenvalue weighted by atomic mass is 16.5. The van der Waals surface area contributed by atoms with Crippen molar-refractivity contribution >= 4 is 11.8 Å². The van der Waals surface area contributed by atoms with E-state index in [2.05, 4.69) is 0 Å². The molecule has 6 nitrogen and oxygen atoms in total. The Balaban J connectivity index is 1.54. The van der Waals surface area contributed by atoms with E-state index < -0.39 is 11.4 Å². The van der Waals surface area contributed by atoms with Crippen LogP contribution in [0, 0.1) is 17.3 Å². The molecular weight excluding hydrogens is 408 g/mol. The Hall–Kier alpha value is -3.02. The van der Waals surface area contributed by atoms with Gasteiger partial charge in [-0.25, -0.2) is 0 Å². The maximum atomic E-state index is 12.3. The van der Waals surface area contributed by atoms with E-state index in [1.54, 1.807) is 14.2 Å². The summed E-state index contributed by atoms with van der Waals surface area (Å²) in [6, 6.07) is 9.44. The Morgan fingerprint density at radius 2 is 1.81 bits per heavy atom. The second kappa shape index (κ2) is 7.84. The molecule has 0 heterocycles. The molecule has 2 saturated carbocycles. The molecule has 2 aromatic rings. The van der Waals surface area contributed by atoms with E-state index in [0.29, 0.717) is 42.4 Å². The molecule has 3 aliphatic carbocycles. The van der Waals surface area contributed by atoms with Gasteiger partial charge in [-0.3, -0.25) is 9.59 Å². The second-order valence-corrected chi connectivity index (χ2v) is 9.18. The number of hydrogen-bond donors (Lipinski definition) is 1. The van der Waals surface area contributed by atoms with Crippen LogP contribution in [-0.2, 0) is 11.2 Å². The van der Waals surface area contributed by atoms with Crippen molar-refractivity contribution in [1.29, 1.82) is 0 Å². The van der Waals surface area contributed by atoms with Gasteiger partial charge in [0.1, 0.15) is 12.0 Å². The number of hydrogen-bond acceptors (Lipinski definition) is 5. The number of Topliss-reactive ketones (excluding diaryl/α,β-unsaturated/α-hetero) is 1. The van der Waals surface area contributed by atoms with Crippen molar-refractivity contribution in [3.63, 3.8) is 0 Å². The van der Waals surface area contributed by atoms with Crippen LogP contribution >= 0.6 is 0 Å². The number of carbonyl (C=O) groups excluding carboxylic acids is 1. The SMILES string of the molecule is COc1ccc(-c2cccc3c2CCC3=O)c(OCC2(C(=O)O)CC2C2CCC2)c1OC. The molecule has 0 aliphatic heterocycles. The zero-order valence-electron chi connectivity index (χ0n) is 18.5. The van der Waals surface area contributed by atoms with Crippen molar-refractivity contribution < 1.29 is 28.9 Å². The Labute approximate surface area is 187 Å². The molecule has 3 aliphatic rings. The van der Waals surface area contributed by atoms with Gasteiger partial charge in [0, 0.05) is 17.5 Å². The lowest BCUT2D eigenvalue weighted by Gasteiger charge is -2.28. The van der Waals surface area contributed by atoms with E-state index in [4.69, 9.17) is 14.2 Å². The molecule has 0 saturated heterocycles. The molecule has 2 aromatic carbocycles. The molecule has 6 heteroatoms. The van der Waals surface area contributed by atoms with Crippen LogP contribution in [-0.4, -0.2) is 37.7 Å². The first-order valence-electron chi connectivity index (χ1n) is 11.3. The maximum absolute atomic E-state index is 12.3. The zero-order chi connectivity index (χ0) is 22.5. The molecule has 2 atom stereocenters. The highest BCUT2D eigenvalue weighted by Gasteiger charge is 2.64. The molecule has 0 radical (unpaired) electrons. The summed E-state index contributed by atoms with van der Waals surface area (Å²) in [5.41, 5.74) is 2.61. The predicted octanol–water partition coefficient (Wildman–Crippen LogP) is 4.77. The summed E-state index contributed by atoms with van der Waals surface area (Å²) in [6.07, 6.45) is 5.24. The summed E-state index contributed by atoms with van der Waals surface area (Å²) in [5, 5.41) is 10.0. The fraction of sp³-hybridized carbons (Fsp3) is 0.462. The van der Waals surface area contributed by atoms with Crippen LogP contribution in [0.25, 0.3) is 11.1 Å². The van der Waals surface area contributed by atoms with E-state index in [1.165, 1.54) is 6.42 Å². The minimum atomic E-state index is -0.842. The number of ether oxygens (including phenoxy) is 3. The standard InChI is InChI=1S/C26H28O6/c1-30-22-12-10-19(16-7-4-8-18-17(16)9-11-21(18)27)23(24(22)31-2)32-14-26(25(28)29)13-20(26)15-5-3-6-15/h4,7-8,10,12,15,20H,3,5-6,9,11,13-14H2,1-2H3,(H,28,29). The van der Waals surface area contributed by atoms with Crippen molar-refractivity contribution in [2.24, 2.45) is 17.3 Å². The van der Waals surface area contributed by atoms with Gasteiger partial charge in [0.25, 0.3) is 0 Å². The molecule has 0 spiro atoms. The van der Waals surface area contributed by atoms with Crippen LogP contribution in [0.2, 0.25) is 0 Å². The summed E-state index contributed by atoms with van der Waals surface area (Å²) in [4.78, 5) is 24.5. The van der Waals surface area contributed by atoms with Gasteiger partial charge in [0.2, 0.25) is 5.75 Å². The first-order valence-corrected chi connectivity index (χ1v) is 11.3. The molecule has 1 N–H and O–H groups in total. The average molecular weight is 437 g/mol. The number of methoxy groups -OCH3 is 2. The van der Waals surface area contributed by atoms with Gasteiger partial charge >= 0.3 is 5.97 Å². The molecular formula is C26H28O6. The lowest BCUT2D eigenvalue weighted by Crippen LogP contribution is -2.29. The van der Waals surface area contributed by atoms with Crippen LogP contribution in [0.15, 0.2) is 30.3 Å². The van der Waals surface area contributed by atoms with Crippen LogP contribution < -0.4 is 14.2 Å². The van der Waals surface area contributed by atoms with Crippen molar-refractivity contribution in [3.8, 4) is 28.4 Å². The van der Waals surface area contributed by atoms with Crippen LogP contribution in [0.1, 0.15) is 48.0 Å². The number of fused-ring (bicyclic) bond motifs is 1. The molecule has 0 bridgehead atoms. The largest absolute Gasteiger partial charge is 0.493 e. The quantitative estimate of drug-likeness (QED) is 0.642. The fourth-order valence-corrected chi connectivity index (χ4v) is 5.47. The molecule has 0 aromatic heterocycles. The van der Waals surface area contributed by atoms with Gasteiger partial charge in [0.05, 0.1) is 14.2 Å². The number of benzene rings is 2. The first-order chi connectivity index (χ1) is 15.5. The molecule has 2 fully saturated rings. The second-order valence-electron chi connectivity index (χ2n) is 9.18. The minimum absolute atomic E-state index is 0.0913. The third-order valence-corrected chi connectivity index (χ3v) is 7.62. The lowest BCUT2D eigenvalue weighted by atomic mass is 9.79. The Morgan fingerprint density at radius 3 is 2.47 bits per heavy atom. The number of carbonyl (C=O) groups is 2. The third kappa shape index (κ3) is 3.15. The molecule has 32 heavy (non-hydrogen) atoms. The summed E-state index contributed by atoms with van der Waals surface area (Å²) < 4.78 is 17.5. The zero-order valence-corrected chi connectivity index (χ0v) is 18.5. The van der Waals surface area contributed by atoms with Crippen LogP contribution in [0.4, 0.5) is 0 Å². The number of carboxylic acid groups (broad SMARTS) is 1. The van der Waals surface area contributed by atoms with Gasteiger partial charge < -0.3 is 19.3 Å². The van der Waals surface area contributed by atoms with Gasteiger partial charge in [-0.05, 0) is 47.9 Å². The monoisotopic (exact) mass is 436 g/mol. The number of ketones is 1. The summed E-state index contributed by atoms with van der Waals surface area (Å²) in [7, 11) is 3.11. The maximum Gasteiger partial charge on any atom is 0.313 e. The topological polar surface area (TPSA) is 82.1 Å². The van der Waals surface area contributed by atoms with Crippen LogP contribution in [0.3, 0.4) is 0 Å². The predicted molar refractivity (Wildman–Crippen MR) is 119 cm³/mol. The summed E-state index contributed by atoms with van der Waals surface area (Å²) >= 11 is 0. The Morgan fingerprint density at radius 1 is 1.03 bits per heavy atom. The molecule has 5 rings (SSSR count). The first kappa shape index (κ1) is 20.9.